The summed E-state index contributed by atoms with van der Waals surface area (Å²) in [6, 6.07) is 0. The molecule has 0 aromatic carbocycles. The van der Waals surface area contributed by atoms with Crippen molar-refractivity contribution >= 4 is 0 Å². The van der Waals surface area contributed by atoms with E-state index in [0.717, 1.165) is 29.6 Å². The summed E-state index contributed by atoms with van der Waals surface area (Å²) >= 11 is 0. The molecule has 0 heteroatoms. The van der Waals surface area contributed by atoms with Crippen LogP contribution in [0.4, 0.5) is 0 Å². The van der Waals surface area contributed by atoms with E-state index in [2.05, 4.69) is 62.3 Å². The van der Waals surface area contributed by atoms with E-state index in [1.54, 1.807) is 0 Å². The first-order valence-electron chi connectivity index (χ1n) is 7.61. The highest BCUT2D eigenvalue weighted by Crippen LogP contribution is 2.36. The Morgan fingerprint density at radius 3 is 1.53 bits per heavy atom. The Morgan fingerprint density at radius 2 is 1.18 bits per heavy atom. The summed E-state index contributed by atoms with van der Waals surface area (Å²) in [6.07, 6.45) is 2.68. The maximum absolute atomic E-state index is 2.46. The summed E-state index contributed by atoms with van der Waals surface area (Å²) in [4.78, 5) is 0. The molecule has 0 bridgehead atoms. The van der Waals surface area contributed by atoms with E-state index in [-0.39, 0.29) is 0 Å². The summed E-state index contributed by atoms with van der Waals surface area (Å²) in [5.41, 5.74) is 0.452. The van der Waals surface area contributed by atoms with Crippen LogP contribution in [0.15, 0.2) is 0 Å². The molecule has 0 N–H and O–H groups in total. The van der Waals surface area contributed by atoms with Crippen LogP contribution in [0.2, 0.25) is 0 Å². The van der Waals surface area contributed by atoms with Crippen molar-refractivity contribution in [3.05, 3.63) is 0 Å². The SMILES string of the molecule is CCC(C)C(C)C(C)C(C)CC(C)C(C)(C)C. The lowest BCUT2D eigenvalue weighted by Crippen LogP contribution is -2.26. The molecular weight excluding hydrogens is 204 g/mol. The molecule has 0 heterocycles. The van der Waals surface area contributed by atoms with Crippen molar-refractivity contribution in [1.29, 1.82) is 0 Å². The fourth-order valence-electron chi connectivity index (χ4n) is 2.53. The summed E-state index contributed by atoms with van der Waals surface area (Å²) in [5, 5.41) is 0. The van der Waals surface area contributed by atoms with Gasteiger partial charge in [-0.3, -0.25) is 0 Å². The lowest BCUT2D eigenvalue weighted by molar-refractivity contribution is 0.149. The van der Waals surface area contributed by atoms with E-state index < -0.39 is 0 Å². The van der Waals surface area contributed by atoms with E-state index in [0.29, 0.717) is 5.41 Å². The molecule has 104 valence electrons. The Labute approximate surface area is 111 Å². The fourth-order valence-corrected chi connectivity index (χ4v) is 2.53. The molecule has 0 aliphatic heterocycles. The predicted molar refractivity (Wildman–Crippen MR) is 80.2 cm³/mol. The molecular formula is C17H36. The molecule has 0 aliphatic carbocycles. The lowest BCUT2D eigenvalue weighted by Gasteiger charge is -2.35. The zero-order valence-corrected chi connectivity index (χ0v) is 13.8. The minimum absolute atomic E-state index is 0.452. The maximum Gasteiger partial charge on any atom is -0.0357 e. The zero-order chi connectivity index (χ0) is 13.8. The summed E-state index contributed by atoms with van der Waals surface area (Å²) in [7, 11) is 0. The lowest BCUT2D eigenvalue weighted by atomic mass is 9.71. The van der Waals surface area contributed by atoms with Gasteiger partial charge in [0.05, 0.1) is 0 Å². The van der Waals surface area contributed by atoms with Crippen LogP contribution in [0, 0.1) is 35.0 Å². The van der Waals surface area contributed by atoms with Crippen LogP contribution in [0.5, 0.6) is 0 Å². The molecule has 0 rings (SSSR count). The van der Waals surface area contributed by atoms with Crippen molar-refractivity contribution in [3.8, 4) is 0 Å². The first-order valence-corrected chi connectivity index (χ1v) is 7.61. The van der Waals surface area contributed by atoms with E-state index >= 15 is 0 Å². The summed E-state index contributed by atoms with van der Waals surface area (Å²) in [5.74, 6) is 4.20. The van der Waals surface area contributed by atoms with E-state index in [9.17, 15) is 0 Å². The van der Waals surface area contributed by atoms with Crippen LogP contribution in [-0.2, 0) is 0 Å². The highest BCUT2D eigenvalue weighted by Gasteiger charge is 2.27. The molecule has 0 aromatic rings. The average Bonchev–Trinajstić information content (AvgIpc) is 2.24. The molecule has 0 nitrogen and oxygen atoms in total. The van der Waals surface area contributed by atoms with Gasteiger partial charge in [0.15, 0.2) is 0 Å². The first-order chi connectivity index (χ1) is 7.61. The molecule has 5 atom stereocenters. The Morgan fingerprint density at radius 1 is 0.765 bits per heavy atom. The third-order valence-electron chi connectivity index (χ3n) is 5.47. The Kier molecular flexibility index (Phi) is 6.81. The smallest absolute Gasteiger partial charge is 0.0357 e. The topological polar surface area (TPSA) is 0 Å². The largest absolute Gasteiger partial charge is 0.0651 e. The van der Waals surface area contributed by atoms with Crippen molar-refractivity contribution in [1.82, 2.24) is 0 Å². The van der Waals surface area contributed by atoms with Crippen LogP contribution in [-0.4, -0.2) is 0 Å². The molecule has 0 aromatic heterocycles. The van der Waals surface area contributed by atoms with Crippen LogP contribution >= 0.6 is 0 Å². The van der Waals surface area contributed by atoms with Crippen molar-refractivity contribution in [2.75, 3.05) is 0 Å². The molecule has 0 saturated carbocycles. The molecule has 0 fully saturated rings. The fraction of sp³-hybridized carbons (Fsp3) is 1.00. The van der Waals surface area contributed by atoms with Crippen molar-refractivity contribution < 1.29 is 0 Å². The van der Waals surface area contributed by atoms with Gasteiger partial charge in [-0.2, -0.15) is 0 Å². The van der Waals surface area contributed by atoms with Crippen molar-refractivity contribution in [3.63, 3.8) is 0 Å². The Bertz CT molecular complexity index is 199. The Hall–Kier alpha value is 0. The highest BCUT2D eigenvalue weighted by atomic mass is 14.3. The second-order valence-corrected chi connectivity index (χ2v) is 7.58. The van der Waals surface area contributed by atoms with Crippen molar-refractivity contribution in [2.24, 2.45) is 35.0 Å². The van der Waals surface area contributed by atoms with Gasteiger partial charge in [0, 0.05) is 0 Å². The van der Waals surface area contributed by atoms with Crippen LogP contribution < -0.4 is 0 Å². The summed E-state index contributed by atoms with van der Waals surface area (Å²) < 4.78 is 0. The molecule has 0 amide bonds. The van der Waals surface area contributed by atoms with Gasteiger partial charge in [0.25, 0.3) is 0 Å². The second-order valence-electron chi connectivity index (χ2n) is 7.58. The van der Waals surface area contributed by atoms with Crippen LogP contribution in [0.25, 0.3) is 0 Å². The van der Waals surface area contributed by atoms with Gasteiger partial charge >= 0.3 is 0 Å². The van der Waals surface area contributed by atoms with Gasteiger partial charge in [-0.25, -0.2) is 0 Å². The molecule has 0 radical (unpaired) electrons. The predicted octanol–water partition coefficient (Wildman–Crippen LogP) is 6.01. The normalized spacial score (nSPS) is 21.7. The van der Waals surface area contributed by atoms with E-state index in [1.165, 1.54) is 12.8 Å². The minimum Gasteiger partial charge on any atom is -0.0651 e. The molecule has 0 aliphatic rings. The third kappa shape index (κ3) is 5.44. The zero-order valence-electron chi connectivity index (χ0n) is 13.8. The molecule has 0 spiro atoms. The number of hydrogen-bond acceptors (Lipinski definition) is 0. The molecule has 17 heavy (non-hydrogen) atoms. The molecule has 5 unspecified atom stereocenters. The Balaban J connectivity index is 4.36. The van der Waals surface area contributed by atoms with Gasteiger partial charge in [-0.1, -0.05) is 68.7 Å². The maximum atomic E-state index is 2.46. The van der Waals surface area contributed by atoms with Gasteiger partial charge < -0.3 is 0 Å². The third-order valence-corrected chi connectivity index (χ3v) is 5.47. The number of rotatable bonds is 6. The average molecular weight is 240 g/mol. The van der Waals surface area contributed by atoms with E-state index in [1.807, 2.05) is 0 Å². The van der Waals surface area contributed by atoms with Gasteiger partial charge in [-0.15, -0.1) is 0 Å². The second kappa shape index (κ2) is 6.81. The minimum atomic E-state index is 0.452. The van der Waals surface area contributed by atoms with Gasteiger partial charge in [0.2, 0.25) is 0 Å². The monoisotopic (exact) mass is 240 g/mol. The molecule has 0 saturated heterocycles. The van der Waals surface area contributed by atoms with Crippen LogP contribution in [0.1, 0.15) is 75.2 Å². The highest BCUT2D eigenvalue weighted by molar-refractivity contribution is 4.77. The summed E-state index contributed by atoms with van der Waals surface area (Å²) in [6.45, 7) is 21.6. The standard InChI is InChI=1S/C17H36/c1-10-12(2)15(5)16(6)13(3)11-14(4)17(7,8)9/h12-16H,10-11H2,1-9H3. The quantitative estimate of drug-likeness (QED) is 0.533. The van der Waals surface area contributed by atoms with E-state index in [4.69, 9.17) is 0 Å². The van der Waals surface area contributed by atoms with Crippen molar-refractivity contribution in [2.45, 2.75) is 75.2 Å². The first kappa shape index (κ1) is 17.0. The van der Waals surface area contributed by atoms with Gasteiger partial charge in [-0.05, 0) is 41.4 Å². The van der Waals surface area contributed by atoms with Gasteiger partial charge in [0.1, 0.15) is 0 Å². The van der Waals surface area contributed by atoms with Crippen LogP contribution in [0.3, 0.4) is 0 Å². The number of hydrogen-bond donors (Lipinski definition) is 0.